The number of fused-ring (bicyclic) bond motifs is 1. The molecule has 2 aromatic rings. The minimum absolute atomic E-state index is 0.237. The number of phenols is 1. The first-order valence-electron chi connectivity index (χ1n) is 7.50. The number of phenolic OH excluding ortho intramolecular Hbond substituents is 1. The van der Waals surface area contributed by atoms with Gasteiger partial charge >= 0.3 is 0 Å². The van der Waals surface area contributed by atoms with E-state index < -0.39 is 0 Å². The Bertz CT molecular complexity index is 717. The summed E-state index contributed by atoms with van der Waals surface area (Å²) < 4.78 is 1.00. The Kier molecular flexibility index (Phi) is 4.36. The summed E-state index contributed by atoms with van der Waals surface area (Å²) in [6, 6.07) is 9.37. The summed E-state index contributed by atoms with van der Waals surface area (Å²) in [6.07, 6.45) is 2.88. The molecule has 1 heterocycles. The van der Waals surface area contributed by atoms with Gasteiger partial charge in [-0.05, 0) is 48.4 Å². The lowest BCUT2D eigenvalue weighted by Crippen LogP contribution is -2.47. The van der Waals surface area contributed by atoms with Gasteiger partial charge < -0.3 is 10.8 Å². The van der Waals surface area contributed by atoms with E-state index in [1.807, 2.05) is 24.3 Å². The Balaban J connectivity index is 1.98. The molecule has 1 amide bonds. The van der Waals surface area contributed by atoms with Crippen molar-refractivity contribution in [1.82, 2.24) is 4.90 Å². The molecule has 1 fully saturated rings. The summed E-state index contributed by atoms with van der Waals surface area (Å²) in [5.74, 6) is -0.00853. The van der Waals surface area contributed by atoms with E-state index in [4.69, 9.17) is 5.73 Å². The number of amides is 1. The molecule has 116 valence electrons. The summed E-state index contributed by atoms with van der Waals surface area (Å²) in [5.41, 5.74) is 6.39. The minimum atomic E-state index is -0.276. The average Bonchev–Trinajstić information content (AvgIpc) is 2.50. The quantitative estimate of drug-likeness (QED) is 0.881. The third kappa shape index (κ3) is 2.96. The van der Waals surface area contributed by atoms with Crippen LogP contribution >= 0.6 is 15.9 Å². The SMILES string of the molecule is NC(=O)[C@@H]1CCCCN1Cc1c(O)ccc2cc(Br)ccc12. The number of rotatable bonds is 3. The highest BCUT2D eigenvalue weighted by atomic mass is 79.9. The summed E-state index contributed by atoms with van der Waals surface area (Å²) in [4.78, 5) is 13.7. The van der Waals surface area contributed by atoms with E-state index in [2.05, 4.69) is 20.8 Å². The molecule has 3 N–H and O–H groups in total. The van der Waals surface area contributed by atoms with Gasteiger partial charge in [0.05, 0.1) is 6.04 Å². The van der Waals surface area contributed by atoms with Crippen LogP contribution in [0.5, 0.6) is 5.75 Å². The van der Waals surface area contributed by atoms with Crippen molar-refractivity contribution in [1.29, 1.82) is 0 Å². The number of nitrogens with two attached hydrogens (primary N) is 1. The van der Waals surface area contributed by atoms with Crippen molar-refractivity contribution < 1.29 is 9.90 Å². The van der Waals surface area contributed by atoms with Gasteiger partial charge in [0.1, 0.15) is 5.75 Å². The van der Waals surface area contributed by atoms with Crippen molar-refractivity contribution in [2.45, 2.75) is 31.8 Å². The normalized spacial score (nSPS) is 19.4. The highest BCUT2D eigenvalue weighted by Gasteiger charge is 2.27. The number of hydrogen-bond donors (Lipinski definition) is 2. The van der Waals surface area contributed by atoms with E-state index in [-0.39, 0.29) is 17.7 Å². The molecule has 0 aliphatic carbocycles. The summed E-state index contributed by atoms with van der Waals surface area (Å²) in [5, 5.41) is 12.4. The molecule has 1 atom stereocenters. The van der Waals surface area contributed by atoms with Crippen LogP contribution in [0.3, 0.4) is 0 Å². The molecule has 5 heteroatoms. The van der Waals surface area contributed by atoms with Gasteiger partial charge in [-0.25, -0.2) is 0 Å². The van der Waals surface area contributed by atoms with Gasteiger partial charge in [-0.2, -0.15) is 0 Å². The fraction of sp³-hybridized carbons (Fsp3) is 0.353. The van der Waals surface area contributed by atoms with E-state index in [0.29, 0.717) is 6.54 Å². The first kappa shape index (κ1) is 15.3. The molecule has 2 aromatic carbocycles. The lowest BCUT2D eigenvalue weighted by atomic mass is 9.98. The van der Waals surface area contributed by atoms with Gasteiger partial charge in [0.2, 0.25) is 5.91 Å². The van der Waals surface area contributed by atoms with Crippen LogP contribution in [0.2, 0.25) is 0 Å². The van der Waals surface area contributed by atoms with Crippen molar-refractivity contribution in [2.24, 2.45) is 5.73 Å². The van der Waals surface area contributed by atoms with Gasteiger partial charge in [0, 0.05) is 16.6 Å². The molecule has 0 unspecified atom stereocenters. The van der Waals surface area contributed by atoms with E-state index in [9.17, 15) is 9.90 Å². The second-order valence-electron chi connectivity index (χ2n) is 5.81. The Morgan fingerprint density at radius 3 is 2.91 bits per heavy atom. The van der Waals surface area contributed by atoms with E-state index in [1.54, 1.807) is 6.07 Å². The molecule has 0 aromatic heterocycles. The monoisotopic (exact) mass is 362 g/mol. The number of carbonyl (C=O) groups excluding carboxylic acids is 1. The standard InChI is InChI=1S/C17H19BrN2O2/c18-12-5-6-13-11(9-12)4-7-16(21)14(13)10-20-8-2-1-3-15(20)17(19)22/h4-7,9,15,21H,1-3,8,10H2,(H2,19,22)/t15-/m0/s1. The smallest absolute Gasteiger partial charge is 0.234 e. The van der Waals surface area contributed by atoms with E-state index in [1.165, 1.54) is 0 Å². The fourth-order valence-electron chi connectivity index (χ4n) is 3.23. The van der Waals surface area contributed by atoms with Crippen LogP contribution in [0.1, 0.15) is 24.8 Å². The number of likely N-dealkylation sites (tertiary alicyclic amines) is 1. The topological polar surface area (TPSA) is 66.6 Å². The minimum Gasteiger partial charge on any atom is -0.508 e. The number of primary amides is 1. The number of carbonyl (C=O) groups is 1. The van der Waals surface area contributed by atoms with Crippen molar-refractivity contribution in [2.75, 3.05) is 6.54 Å². The number of halogens is 1. The molecule has 4 nitrogen and oxygen atoms in total. The number of piperidine rings is 1. The summed E-state index contributed by atoms with van der Waals surface area (Å²) >= 11 is 3.47. The molecule has 0 bridgehead atoms. The molecule has 1 saturated heterocycles. The number of benzene rings is 2. The highest BCUT2D eigenvalue weighted by molar-refractivity contribution is 9.10. The summed E-state index contributed by atoms with van der Waals surface area (Å²) in [6.45, 7) is 1.37. The van der Waals surface area contributed by atoms with Crippen LogP contribution in [0, 0.1) is 0 Å². The molecule has 0 saturated carbocycles. The average molecular weight is 363 g/mol. The zero-order valence-corrected chi connectivity index (χ0v) is 13.8. The second kappa shape index (κ2) is 6.26. The maximum atomic E-state index is 11.7. The molecular weight excluding hydrogens is 344 g/mol. The van der Waals surface area contributed by atoms with Gasteiger partial charge in [-0.1, -0.05) is 34.5 Å². The summed E-state index contributed by atoms with van der Waals surface area (Å²) in [7, 11) is 0. The van der Waals surface area contributed by atoms with Crippen molar-refractivity contribution in [3.63, 3.8) is 0 Å². The fourth-order valence-corrected chi connectivity index (χ4v) is 3.60. The highest BCUT2D eigenvalue weighted by Crippen LogP contribution is 2.31. The van der Waals surface area contributed by atoms with Crippen molar-refractivity contribution in [3.05, 3.63) is 40.4 Å². The van der Waals surface area contributed by atoms with Crippen LogP contribution in [0.15, 0.2) is 34.8 Å². The zero-order chi connectivity index (χ0) is 15.7. The molecule has 1 aliphatic rings. The maximum Gasteiger partial charge on any atom is 0.234 e. The Hall–Kier alpha value is -1.59. The van der Waals surface area contributed by atoms with Crippen molar-refractivity contribution >= 4 is 32.6 Å². The van der Waals surface area contributed by atoms with Crippen LogP contribution in [-0.2, 0) is 11.3 Å². The van der Waals surface area contributed by atoms with Crippen LogP contribution in [-0.4, -0.2) is 28.5 Å². The number of nitrogens with zero attached hydrogens (tertiary/aromatic N) is 1. The second-order valence-corrected chi connectivity index (χ2v) is 6.73. The zero-order valence-electron chi connectivity index (χ0n) is 12.3. The molecular formula is C17H19BrN2O2. The van der Waals surface area contributed by atoms with Crippen LogP contribution in [0.4, 0.5) is 0 Å². The number of hydrogen-bond acceptors (Lipinski definition) is 3. The third-order valence-electron chi connectivity index (χ3n) is 4.37. The predicted molar refractivity (Wildman–Crippen MR) is 90.6 cm³/mol. The Morgan fingerprint density at radius 1 is 1.32 bits per heavy atom. The largest absolute Gasteiger partial charge is 0.508 e. The predicted octanol–water partition coefficient (Wildman–Crippen LogP) is 3.15. The Morgan fingerprint density at radius 2 is 2.14 bits per heavy atom. The Labute approximate surface area is 138 Å². The van der Waals surface area contributed by atoms with E-state index >= 15 is 0 Å². The first-order chi connectivity index (χ1) is 10.6. The number of aromatic hydroxyl groups is 1. The molecule has 22 heavy (non-hydrogen) atoms. The lowest BCUT2D eigenvalue weighted by molar-refractivity contribution is -0.124. The molecule has 3 rings (SSSR count). The van der Waals surface area contributed by atoms with Gasteiger partial charge in [-0.15, -0.1) is 0 Å². The van der Waals surface area contributed by atoms with Crippen molar-refractivity contribution in [3.8, 4) is 5.75 Å². The third-order valence-corrected chi connectivity index (χ3v) is 4.87. The molecule has 0 radical (unpaired) electrons. The van der Waals surface area contributed by atoms with Gasteiger partial charge in [0.25, 0.3) is 0 Å². The first-order valence-corrected chi connectivity index (χ1v) is 8.29. The lowest BCUT2D eigenvalue weighted by Gasteiger charge is -2.34. The van der Waals surface area contributed by atoms with Gasteiger partial charge in [-0.3, -0.25) is 9.69 Å². The maximum absolute atomic E-state index is 11.7. The van der Waals surface area contributed by atoms with Gasteiger partial charge in [0.15, 0.2) is 0 Å². The molecule has 1 aliphatic heterocycles. The van der Waals surface area contributed by atoms with Crippen LogP contribution in [0.25, 0.3) is 10.8 Å². The van der Waals surface area contributed by atoms with Crippen LogP contribution < -0.4 is 5.73 Å². The van der Waals surface area contributed by atoms with E-state index in [0.717, 1.165) is 46.6 Å². The molecule has 0 spiro atoms.